The van der Waals surface area contributed by atoms with Gasteiger partial charge in [0.15, 0.2) is 5.82 Å². The van der Waals surface area contributed by atoms with Crippen molar-refractivity contribution in [2.75, 3.05) is 41.8 Å². The second-order valence-electron chi connectivity index (χ2n) is 7.92. The molecule has 0 amide bonds. The highest BCUT2D eigenvalue weighted by Crippen LogP contribution is 2.37. The minimum Gasteiger partial charge on any atom is -0.413 e. The average Bonchev–Trinajstić information content (AvgIpc) is 3.44. The molecule has 3 aliphatic heterocycles. The number of ether oxygens (including phenoxy) is 2. The van der Waals surface area contributed by atoms with Gasteiger partial charge >= 0.3 is 6.61 Å². The van der Waals surface area contributed by atoms with Gasteiger partial charge in [-0.05, 0) is 18.6 Å². The van der Waals surface area contributed by atoms with Crippen LogP contribution in [0, 0.1) is 0 Å². The molecule has 2 aromatic rings. The van der Waals surface area contributed by atoms with Crippen LogP contribution in [0.1, 0.15) is 12.8 Å². The lowest BCUT2D eigenvalue weighted by Crippen LogP contribution is -2.37. The fourth-order valence-corrected chi connectivity index (χ4v) is 4.26. The molecule has 5 heterocycles. The van der Waals surface area contributed by atoms with Crippen molar-refractivity contribution in [3.8, 4) is 17.1 Å². The molecule has 0 radical (unpaired) electrons. The Bertz CT molecular complexity index is 994. The number of halogens is 4. The van der Waals surface area contributed by atoms with Crippen LogP contribution < -0.4 is 20.3 Å². The van der Waals surface area contributed by atoms with E-state index in [1.807, 2.05) is 0 Å². The van der Waals surface area contributed by atoms with Crippen molar-refractivity contribution in [3.63, 3.8) is 0 Å². The van der Waals surface area contributed by atoms with Gasteiger partial charge in [0.1, 0.15) is 11.6 Å². The van der Waals surface area contributed by atoms with Gasteiger partial charge in [0.25, 0.3) is 11.8 Å². The lowest BCUT2D eigenvalue weighted by Gasteiger charge is -2.29. The summed E-state index contributed by atoms with van der Waals surface area (Å²) in [6.45, 7) is -2.18. The molecular formula is C19H20F4N6O2. The molecule has 3 saturated heterocycles. The van der Waals surface area contributed by atoms with Gasteiger partial charge in [0.05, 0.1) is 37.2 Å². The van der Waals surface area contributed by atoms with Crippen LogP contribution in [0.4, 0.5) is 35.0 Å². The topological polar surface area (TPSA) is 89.6 Å². The van der Waals surface area contributed by atoms with E-state index < -0.39 is 25.0 Å². The molecular weight excluding hydrogens is 420 g/mol. The Morgan fingerprint density at radius 2 is 2.03 bits per heavy atom. The number of pyridine rings is 1. The number of fused-ring (bicyclic) bond motifs is 2. The summed E-state index contributed by atoms with van der Waals surface area (Å²) in [6.07, 6.45) is 2.05. The van der Waals surface area contributed by atoms with Gasteiger partial charge in [-0.25, -0.2) is 23.7 Å². The van der Waals surface area contributed by atoms with Gasteiger partial charge in [0, 0.05) is 25.1 Å². The van der Waals surface area contributed by atoms with E-state index in [0.717, 1.165) is 6.42 Å². The quantitative estimate of drug-likeness (QED) is 0.710. The fraction of sp³-hybridized carbons (Fsp3) is 0.526. The average molecular weight is 440 g/mol. The van der Waals surface area contributed by atoms with Gasteiger partial charge in [-0.1, -0.05) is 0 Å². The summed E-state index contributed by atoms with van der Waals surface area (Å²) in [6, 6.07) is 3.49. The highest BCUT2D eigenvalue weighted by Gasteiger charge is 2.41. The van der Waals surface area contributed by atoms with Gasteiger partial charge in [-0.3, -0.25) is 0 Å². The maximum atomic E-state index is 13.8. The van der Waals surface area contributed by atoms with Crippen LogP contribution >= 0.6 is 0 Å². The zero-order valence-corrected chi connectivity index (χ0v) is 16.3. The molecule has 5 rings (SSSR count). The first-order valence-corrected chi connectivity index (χ1v) is 9.88. The highest BCUT2D eigenvalue weighted by molar-refractivity contribution is 5.70. The van der Waals surface area contributed by atoms with Crippen LogP contribution in [0.15, 0.2) is 18.3 Å². The Kier molecular flexibility index (Phi) is 4.76. The van der Waals surface area contributed by atoms with Crippen LogP contribution in [0.2, 0.25) is 0 Å². The minimum atomic E-state index is -3.11. The molecule has 0 saturated carbocycles. The SMILES string of the molecule is Nc1ncc(-c2cc(N3CCC(F)(F)C3)nc(N3C[C@@H]4C[C@H]3CO4)c2)nc1OC(F)F. The fourth-order valence-electron chi connectivity index (χ4n) is 4.26. The number of aromatic nitrogens is 3. The molecule has 0 aliphatic carbocycles. The molecule has 0 aromatic carbocycles. The van der Waals surface area contributed by atoms with Crippen LogP contribution in [0.3, 0.4) is 0 Å². The Hall–Kier alpha value is -2.89. The zero-order valence-electron chi connectivity index (χ0n) is 16.3. The second kappa shape index (κ2) is 7.36. The lowest BCUT2D eigenvalue weighted by atomic mass is 10.1. The van der Waals surface area contributed by atoms with Gasteiger partial charge in [-0.2, -0.15) is 8.78 Å². The van der Waals surface area contributed by atoms with Gasteiger partial charge in [-0.15, -0.1) is 0 Å². The first kappa shape index (κ1) is 20.0. The molecule has 2 aromatic heterocycles. The number of rotatable bonds is 5. The normalized spacial score (nSPS) is 24.4. The summed E-state index contributed by atoms with van der Waals surface area (Å²) < 4.78 is 63.0. The Morgan fingerprint density at radius 3 is 2.68 bits per heavy atom. The van der Waals surface area contributed by atoms with E-state index in [-0.39, 0.29) is 36.6 Å². The molecule has 2 bridgehead atoms. The smallest absolute Gasteiger partial charge is 0.388 e. The van der Waals surface area contributed by atoms with Crippen molar-refractivity contribution >= 4 is 17.5 Å². The van der Waals surface area contributed by atoms with Crippen LogP contribution in [-0.2, 0) is 4.74 Å². The number of hydrogen-bond acceptors (Lipinski definition) is 8. The molecule has 12 heteroatoms. The molecule has 3 fully saturated rings. The third-order valence-electron chi connectivity index (χ3n) is 5.75. The molecule has 166 valence electrons. The largest absolute Gasteiger partial charge is 0.413 e. The number of nitrogens with zero attached hydrogens (tertiary/aromatic N) is 5. The summed E-state index contributed by atoms with van der Waals surface area (Å²) in [4.78, 5) is 16.2. The summed E-state index contributed by atoms with van der Waals surface area (Å²) in [5.41, 5.74) is 6.30. The number of nitrogens with two attached hydrogens (primary N) is 1. The van der Waals surface area contributed by atoms with Crippen molar-refractivity contribution in [2.45, 2.75) is 37.5 Å². The number of morpholine rings is 1. The molecule has 2 atom stereocenters. The molecule has 2 N–H and O–H groups in total. The first-order chi connectivity index (χ1) is 14.8. The van der Waals surface area contributed by atoms with Crippen molar-refractivity contribution < 1.29 is 27.0 Å². The maximum absolute atomic E-state index is 13.8. The first-order valence-electron chi connectivity index (χ1n) is 9.88. The van der Waals surface area contributed by atoms with Crippen LogP contribution in [0.25, 0.3) is 11.3 Å². The predicted octanol–water partition coefficient (Wildman–Crippen LogP) is 2.55. The summed E-state index contributed by atoms with van der Waals surface area (Å²) >= 11 is 0. The second-order valence-corrected chi connectivity index (χ2v) is 7.92. The van der Waals surface area contributed by atoms with Gasteiger partial charge < -0.3 is 25.0 Å². The lowest BCUT2D eigenvalue weighted by molar-refractivity contribution is -0.0524. The van der Waals surface area contributed by atoms with Crippen molar-refractivity contribution in [1.82, 2.24) is 15.0 Å². The minimum absolute atomic E-state index is 0.109. The molecule has 0 spiro atoms. The number of anilines is 3. The van der Waals surface area contributed by atoms with E-state index >= 15 is 0 Å². The van der Waals surface area contributed by atoms with E-state index in [0.29, 0.717) is 30.4 Å². The van der Waals surface area contributed by atoms with E-state index in [4.69, 9.17) is 10.5 Å². The Labute approximate surface area is 175 Å². The number of alkyl halides is 4. The standard InChI is InChI=1S/C19H20F4N6O2/c20-18(21)31-17-16(24)25-6-13(26-17)10-3-14(28-2-1-19(22,23)9-28)27-15(4-10)29-7-12-5-11(29)8-30-12/h3-4,6,11-12,18H,1-2,5,7-9H2,(H2,24,25)/t11-,12-/m0/s1. The van der Waals surface area contributed by atoms with Crippen LogP contribution in [0.5, 0.6) is 5.88 Å². The third kappa shape index (κ3) is 3.91. The molecule has 3 aliphatic rings. The third-order valence-corrected chi connectivity index (χ3v) is 5.75. The Morgan fingerprint density at radius 1 is 1.23 bits per heavy atom. The highest BCUT2D eigenvalue weighted by atomic mass is 19.3. The van der Waals surface area contributed by atoms with E-state index in [1.165, 1.54) is 11.1 Å². The zero-order chi connectivity index (χ0) is 21.8. The number of hydrogen-bond donors (Lipinski definition) is 1. The monoisotopic (exact) mass is 440 g/mol. The summed E-state index contributed by atoms with van der Waals surface area (Å²) in [7, 11) is 0. The predicted molar refractivity (Wildman–Crippen MR) is 104 cm³/mol. The van der Waals surface area contributed by atoms with Crippen molar-refractivity contribution in [1.29, 1.82) is 0 Å². The van der Waals surface area contributed by atoms with E-state index in [1.54, 1.807) is 12.1 Å². The molecule has 0 unspecified atom stereocenters. The number of nitrogen functional groups attached to an aromatic ring is 1. The van der Waals surface area contributed by atoms with E-state index in [2.05, 4.69) is 24.6 Å². The molecule has 31 heavy (non-hydrogen) atoms. The Balaban J connectivity index is 1.55. The van der Waals surface area contributed by atoms with E-state index in [9.17, 15) is 17.6 Å². The van der Waals surface area contributed by atoms with Crippen LogP contribution in [-0.4, -0.2) is 65.9 Å². The molecule has 8 nitrogen and oxygen atoms in total. The maximum Gasteiger partial charge on any atom is 0.388 e. The van der Waals surface area contributed by atoms with Gasteiger partial charge in [0.2, 0.25) is 0 Å². The van der Waals surface area contributed by atoms with Crippen molar-refractivity contribution in [2.24, 2.45) is 0 Å². The summed E-state index contributed by atoms with van der Waals surface area (Å²) in [5, 5.41) is 0. The summed E-state index contributed by atoms with van der Waals surface area (Å²) in [5.74, 6) is -2.60. The van der Waals surface area contributed by atoms with Crippen molar-refractivity contribution in [3.05, 3.63) is 18.3 Å².